The summed E-state index contributed by atoms with van der Waals surface area (Å²) >= 11 is 0. The van der Waals surface area contributed by atoms with Gasteiger partial charge in [0.15, 0.2) is 0 Å². The molecule has 4 N–H and O–H groups in total. The number of aliphatic hydroxyl groups is 3. The fraction of sp³-hybridized carbons (Fsp3) is 0.227. The maximum atomic E-state index is 12.8. The average Bonchev–Trinajstić information content (AvgIpc) is 2.69. The Balaban J connectivity index is 2.30. The predicted octanol–water partition coefficient (Wildman–Crippen LogP) is 1.99. The minimum Gasteiger partial charge on any atom is -0.491 e. The van der Waals surface area contributed by atoms with Crippen LogP contribution in [0.4, 0.5) is 4.39 Å². The average molecular weight is 402 g/mol. The van der Waals surface area contributed by atoms with Crippen LogP contribution in [0.3, 0.4) is 0 Å². The molecular weight excluding hydrogens is 379 g/mol. The van der Waals surface area contributed by atoms with E-state index in [4.69, 9.17) is 9.84 Å². The molecule has 0 aliphatic rings. The van der Waals surface area contributed by atoms with Crippen molar-refractivity contribution in [3.63, 3.8) is 0 Å². The van der Waals surface area contributed by atoms with Crippen LogP contribution in [0.1, 0.15) is 6.42 Å². The predicted molar refractivity (Wildman–Crippen MR) is 107 cm³/mol. The molecule has 0 fully saturated rings. The van der Waals surface area contributed by atoms with E-state index < -0.39 is 24.3 Å². The summed E-state index contributed by atoms with van der Waals surface area (Å²) in [6, 6.07) is 5.46. The summed E-state index contributed by atoms with van der Waals surface area (Å²) in [7, 11) is 0. The second-order valence-corrected chi connectivity index (χ2v) is 5.76. The topological polar surface area (TPSA) is 107 Å². The highest BCUT2D eigenvalue weighted by Gasteiger charge is 2.10. The van der Waals surface area contributed by atoms with Gasteiger partial charge < -0.3 is 25.2 Å². The normalized spacial score (nSPS) is 14.9. The maximum absolute atomic E-state index is 12.8. The minimum atomic E-state index is -1.14. The lowest BCUT2D eigenvalue weighted by molar-refractivity contribution is -0.131. The van der Waals surface area contributed by atoms with E-state index in [1.165, 1.54) is 60.7 Å². The van der Waals surface area contributed by atoms with Crippen molar-refractivity contribution in [1.82, 2.24) is 0 Å². The van der Waals surface area contributed by atoms with Crippen molar-refractivity contribution >= 4 is 5.97 Å². The second-order valence-electron chi connectivity index (χ2n) is 5.76. The first-order valence-electron chi connectivity index (χ1n) is 8.71. The Morgan fingerprint density at radius 2 is 1.76 bits per heavy atom. The van der Waals surface area contributed by atoms with Crippen molar-refractivity contribution in [2.24, 2.45) is 0 Å². The molecule has 0 aromatic heterocycles. The van der Waals surface area contributed by atoms with Crippen molar-refractivity contribution in [2.45, 2.75) is 24.7 Å². The number of benzene rings is 1. The Bertz CT molecular complexity index is 799. The number of aliphatic carboxylic acids is 1. The molecule has 7 heteroatoms. The van der Waals surface area contributed by atoms with Gasteiger partial charge in [0.1, 0.15) is 24.3 Å². The Morgan fingerprint density at radius 3 is 2.45 bits per heavy atom. The number of allylic oxidation sites excluding steroid dienone is 4. The molecule has 0 radical (unpaired) electrons. The van der Waals surface area contributed by atoms with Gasteiger partial charge in [-0.15, -0.1) is 0 Å². The third-order valence-corrected chi connectivity index (χ3v) is 3.35. The van der Waals surface area contributed by atoms with Gasteiger partial charge in [-0.1, -0.05) is 36.1 Å². The molecule has 0 saturated heterocycles. The smallest absolute Gasteiger partial charge is 0.327 e. The molecule has 29 heavy (non-hydrogen) atoms. The van der Waals surface area contributed by atoms with Gasteiger partial charge in [0.25, 0.3) is 0 Å². The molecule has 1 aromatic rings. The first kappa shape index (κ1) is 23.9. The first-order chi connectivity index (χ1) is 13.9. The molecule has 6 nitrogen and oxygen atoms in total. The lowest BCUT2D eigenvalue weighted by atomic mass is 10.1. The van der Waals surface area contributed by atoms with Crippen LogP contribution in [0.2, 0.25) is 0 Å². The number of ether oxygens (including phenoxy) is 1. The van der Waals surface area contributed by atoms with Gasteiger partial charge in [-0.3, -0.25) is 0 Å². The largest absolute Gasteiger partial charge is 0.491 e. The summed E-state index contributed by atoms with van der Waals surface area (Å²) in [4.78, 5) is 10.3. The monoisotopic (exact) mass is 402 g/mol. The number of hydrogen-bond acceptors (Lipinski definition) is 5. The van der Waals surface area contributed by atoms with E-state index in [9.17, 15) is 24.5 Å². The van der Waals surface area contributed by atoms with Crippen molar-refractivity contribution < 1.29 is 34.3 Å². The molecule has 1 rings (SSSR count). The summed E-state index contributed by atoms with van der Waals surface area (Å²) in [5.41, 5.74) is 0. The number of carboxylic acid groups (broad SMARTS) is 1. The Labute approximate surface area is 168 Å². The van der Waals surface area contributed by atoms with Crippen LogP contribution in [-0.4, -0.2) is 51.3 Å². The van der Waals surface area contributed by atoms with E-state index in [0.717, 1.165) is 6.08 Å². The van der Waals surface area contributed by atoms with E-state index in [1.54, 1.807) is 6.08 Å². The summed E-state index contributed by atoms with van der Waals surface area (Å²) in [5, 5.41) is 37.5. The first-order valence-corrected chi connectivity index (χ1v) is 8.71. The summed E-state index contributed by atoms with van der Waals surface area (Å²) in [5.74, 6) is 4.33. The fourth-order valence-corrected chi connectivity index (χ4v) is 1.88. The van der Waals surface area contributed by atoms with Gasteiger partial charge in [0.2, 0.25) is 0 Å². The van der Waals surface area contributed by atoms with Crippen LogP contribution in [0, 0.1) is 17.7 Å². The fourth-order valence-electron chi connectivity index (χ4n) is 1.88. The molecule has 0 aliphatic carbocycles. The number of rotatable bonds is 10. The highest BCUT2D eigenvalue weighted by Crippen LogP contribution is 2.11. The molecule has 154 valence electrons. The lowest BCUT2D eigenvalue weighted by Crippen LogP contribution is -2.22. The minimum absolute atomic E-state index is 0.00422. The van der Waals surface area contributed by atoms with E-state index in [1.807, 2.05) is 0 Å². The number of hydrogen-bond donors (Lipinski definition) is 4. The van der Waals surface area contributed by atoms with Crippen molar-refractivity contribution in [1.29, 1.82) is 0 Å². The number of aliphatic hydroxyl groups excluding tert-OH is 3. The van der Waals surface area contributed by atoms with E-state index in [-0.39, 0.29) is 18.8 Å². The van der Waals surface area contributed by atoms with Gasteiger partial charge in [-0.2, -0.15) is 0 Å². The summed E-state index contributed by atoms with van der Waals surface area (Å²) in [6.45, 7) is 0.00422. The summed E-state index contributed by atoms with van der Waals surface area (Å²) < 4.78 is 18.1. The SMILES string of the molecule is O=C(O)C=CCC(O)C(O)C=CC=CC#CC=CC(O)COc1ccc(F)cc1. The Kier molecular flexibility index (Phi) is 11.4. The van der Waals surface area contributed by atoms with Crippen LogP contribution in [-0.2, 0) is 4.79 Å². The molecule has 3 unspecified atom stereocenters. The van der Waals surface area contributed by atoms with Crippen LogP contribution in [0.15, 0.2) is 72.9 Å². The number of carboxylic acids is 1. The molecular formula is C22H23FO6. The van der Waals surface area contributed by atoms with Gasteiger partial charge in [0, 0.05) is 6.08 Å². The van der Waals surface area contributed by atoms with Gasteiger partial charge >= 0.3 is 5.97 Å². The zero-order valence-electron chi connectivity index (χ0n) is 15.6. The summed E-state index contributed by atoms with van der Waals surface area (Å²) in [6.07, 6.45) is 7.87. The van der Waals surface area contributed by atoms with Gasteiger partial charge in [-0.25, -0.2) is 9.18 Å². The molecule has 0 spiro atoms. The molecule has 0 saturated carbocycles. The van der Waals surface area contributed by atoms with E-state index in [0.29, 0.717) is 5.75 Å². The lowest BCUT2D eigenvalue weighted by Gasteiger charge is -2.11. The number of halogens is 1. The quantitative estimate of drug-likeness (QED) is 0.271. The van der Waals surface area contributed by atoms with Gasteiger partial charge in [0.05, 0.1) is 12.2 Å². The number of carbonyl (C=O) groups is 1. The van der Waals surface area contributed by atoms with Crippen LogP contribution < -0.4 is 4.74 Å². The standard InChI is InChI=1S/C22H23FO6/c23-17-12-14-19(15-13-17)29-16-18(24)8-5-3-1-2-4-6-9-20(25)21(26)10-7-11-22(27)28/h2,4-9,11-15,18,20-21,24-26H,10,16H2,(H,27,28). The molecule has 3 atom stereocenters. The van der Waals surface area contributed by atoms with Crippen LogP contribution >= 0.6 is 0 Å². The molecule has 1 aromatic carbocycles. The highest BCUT2D eigenvalue weighted by molar-refractivity contribution is 5.79. The third kappa shape index (κ3) is 12.0. The van der Waals surface area contributed by atoms with E-state index >= 15 is 0 Å². The zero-order chi connectivity index (χ0) is 21.5. The van der Waals surface area contributed by atoms with Crippen LogP contribution in [0.25, 0.3) is 0 Å². The van der Waals surface area contributed by atoms with Gasteiger partial charge in [-0.05, 0) is 48.9 Å². The molecule has 0 amide bonds. The molecule has 0 bridgehead atoms. The van der Waals surface area contributed by atoms with Crippen molar-refractivity contribution in [3.05, 3.63) is 78.7 Å². The van der Waals surface area contributed by atoms with Crippen molar-refractivity contribution in [2.75, 3.05) is 6.61 Å². The third-order valence-electron chi connectivity index (χ3n) is 3.35. The Morgan fingerprint density at radius 1 is 1.07 bits per heavy atom. The van der Waals surface area contributed by atoms with E-state index in [2.05, 4.69) is 11.8 Å². The molecule has 0 heterocycles. The van der Waals surface area contributed by atoms with Crippen molar-refractivity contribution in [3.8, 4) is 17.6 Å². The molecule has 0 aliphatic heterocycles. The zero-order valence-corrected chi connectivity index (χ0v) is 15.6. The Hall–Kier alpha value is -3.18. The highest BCUT2D eigenvalue weighted by atomic mass is 19.1. The second kappa shape index (κ2) is 13.9. The van der Waals surface area contributed by atoms with Crippen LogP contribution in [0.5, 0.6) is 5.75 Å². The maximum Gasteiger partial charge on any atom is 0.327 e.